The smallest absolute Gasteiger partial charge is 0.230 e. The van der Waals surface area contributed by atoms with Crippen molar-refractivity contribution in [3.8, 4) is 0 Å². The first-order chi connectivity index (χ1) is 13.5. The molecule has 0 radical (unpaired) electrons. The summed E-state index contributed by atoms with van der Waals surface area (Å²) < 4.78 is 1.17. The predicted molar refractivity (Wildman–Crippen MR) is 119 cm³/mol. The Morgan fingerprint density at radius 2 is 1.75 bits per heavy atom. The minimum Gasteiger partial charge on any atom is -0.274 e. The minimum absolute atomic E-state index is 0.0477. The molecule has 0 atom stereocenters. The molecule has 6 heteroatoms. The summed E-state index contributed by atoms with van der Waals surface area (Å²) in [5, 5.41) is 3.57. The molecule has 4 rings (SSSR count). The van der Waals surface area contributed by atoms with E-state index in [1.165, 1.54) is 16.0 Å². The highest BCUT2D eigenvalue weighted by Crippen LogP contribution is 2.34. The van der Waals surface area contributed by atoms with Crippen molar-refractivity contribution in [2.45, 2.75) is 20.8 Å². The number of rotatable bonds is 4. The van der Waals surface area contributed by atoms with Crippen LogP contribution in [-0.4, -0.2) is 15.9 Å². The second-order valence-electron chi connectivity index (χ2n) is 6.50. The van der Waals surface area contributed by atoms with Gasteiger partial charge >= 0.3 is 0 Å². The van der Waals surface area contributed by atoms with E-state index < -0.39 is 0 Å². The molecule has 0 spiro atoms. The van der Waals surface area contributed by atoms with Crippen molar-refractivity contribution in [3.63, 3.8) is 0 Å². The number of hydrogen-bond acceptors (Lipinski definition) is 5. The van der Waals surface area contributed by atoms with Crippen LogP contribution in [0.25, 0.3) is 22.4 Å². The summed E-state index contributed by atoms with van der Waals surface area (Å²) in [4.78, 5) is 23.4. The summed E-state index contributed by atoms with van der Waals surface area (Å²) in [6.07, 6.45) is 3.92. The van der Waals surface area contributed by atoms with Crippen molar-refractivity contribution in [1.82, 2.24) is 9.97 Å². The number of amides is 1. The molecule has 0 aliphatic rings. The lowest BCUT2D eigenvalue weighted by Gasteiger charge is -2.22. The molecule has 2 heterocycles. The van der Waals surface area contributed by atoms with Crippen LogP contribution in [0.4, 0.5) is 10.8 Å². The number of carbonyl (C=O) groups is 1. The molecule has 4 aromatic rings. The van der Waals surface area contributed by atoms with Crippen molar-refractivity contribution in [2.75, 3.05) is 4.90 Å². The van der Waals surface area contributed by atoms with Gasteiger partial charge in [-0.25, -0.2) is 9.97 Å². The molecular formula is C22H19N3OS2. The maximum absolute atomic E-state index is 12.4. The third-order valence-electron chi connectivity index (χ3n) is 4.39. The molecule has 28 heavy (non-hydrogen) atoms. The van der Waals surface area contributed by atoms with Crippen molar-refractivity contribution in [3.05, 3.63) is 69.7 Å². The lowest BCUT2D eigenvalue weighted by atomic mass is 10.1. The normalized spacial score (nSPS) is 11.4. The maximum Gasteiger partial charge on any atom is 0.230 e. The molecule has 0 unspecified atom stereocenters. The summed E-state index contributed by atoms with van der Waals surface area (Å²) in [7, 11) is 0. The predicted octanol–water partition coefficient (Wildman–Crippen LogP) is 6.22. The largest absolute Gasteiger partial charge is 0.274 e. The zero-order valence-corrected chi connectivity index (χ0v) is 17.5. The monoisotopic (exact) mass is 405 g/mol. The van der Waals surface area contributed by atoms with E-state index in [4.69, 9.17) is 0 Å². The van der Waals surface area contributed by atoms with Gasteiger partial charge in [0.05, 0.1) is 21.6 Å². The number of aromatic nitrogens is 2. The molecule has 0 fully saturated rings. The quantitative estimate of drug-likeness (QED) is 0.405. The Labute approximate surface area is 171 Å². The van der Waals surface area contributed by atoms with E-state index in [1.54, 1.807) is 23.2 Å². The van der Waals surface area contributed by atoms with Gasteiger partial charge in [0, 0.05) is 12.3 Å². The first-order valence-corrected chi connectivity index (χ1v) is 10.6. The number of benzene rings is 2. The van der Waals surface area contributed by atoms with E-state index in [2.05, 4.69) is 16.0 Å². The maximum atomic E-state index is 12.4. The van der Waals surface area contributed by atoms with Crippen molar-refractivity contribution >= 4 is 61.8 Å². The molecule has 0 bridgehead atoms. The van der Waals surface area contributed by atoms with Crippen LogP contribution in [0.1, 0.15) is 28.8 Å². The first kappa shape index (κ1) is 18.5. The molecule has 0 aliphatic carbocycles. The highest BCUT2D eigenvalue weighted by atomic mass is 32.1. The number of para-hydroxylation sites is 2. The molecule has 2 aromatic heterocycles. The fraction of sp³-hybridized carbons (Fsp3) is 0.136. The van der Waals surface area contributed by atoms with Gasteiger partial charge in [-0.2, -0.15) is 0 Å². The van der Waals surface area contributed by atoms with E-state index >= 15 is 0 Å². The Morgan fingerprint density at radius 1 is 1.00 bits per heavy atom. The van der Waals surface area contributed by atoms with E-state index in [0.29, 0.717) is 5.13 Å². The average Bonchev–Trinajstić information content (AvgIpc) is 3.29. The lowest BCUT2D eigenvalue weighted by Crippen LogP contribution is -2.24. The number of carbonyl (C=O) groups excluding carboxylic acids is 1. The second kappa shape index (κ2) is 7.66. The van der Waals surface area contributed by atoms with Crippen LogP contribution in [0, 0.1) is 13.8 Å². The van der Waals surface area contributed by atoms with Crippen molar-refractivity contribution in [1.29, 1.82) is 0 Å². The standard InChI is InChI=1S/C22H19N3OS2/c1-14-7-6-8-15(2)21(14)25(16(3)26)22-23-17(13-27-22)11-12-20-24-18-9-4-5-10-19(18)28-20/h4-13H,1-3H3. The third kappa shape index (κ3) is 3.61. The molecule has 4 nitrogen and oxygen atoms in total. The molecule has 0 saturated carbocycles. The number of nitrogens with zero attached hydrogens (tertiary/aromatic N) is 3. The first-order valence-electron chi connectivity index (χ1n) is 8.89. The van der Waals surface area contributed by atoms with Crippen LogP contribution in [0.15, 0.2) is 47.8 Å². The van der Waals surface area contributed by atoms with Crippen LogP contribution >= 0.6 is 22.7 Å². The van der Waals surface area contributed by atoms with Crippen LogP contribution in [0.3, 0.4) is 0 Å². The van der Waals surface area contributed by atoms with Gasteiger partial charge in [0.25, 0.3) is 0 Å². The number of thiazole rings is 2. The Hall–Kier alpha value is -2.83. The summed E-state index contributed by atoms with van der Waals surface area (Å²) >= 11 is 3.11. The van der Waals surface area contributed by atoms with Gasteiger partial charge in [0.2, 0.25) is 5.91 Å². The van der Waals surface area contributed by atoms with Crippen LogP contribution < -0.4 is 4.90 Å². The Morgan fingerprint density at radius 3 is 2.46 bits per heavy atom. The SMILES string of the molecule is CC(=O)N(c1nc(C=Cc2nc3ccccc3s2)cs1)c1c(C)cccc1C. The van der Waals surface area contributed by atoms with Crippen molar-refractivity contribution in [2.24, 2.45) is 0 Å². The highest BCUT2D eigenvalue weighted by molar-refractivity contribution is 7.19. The van der Waals surface area contributed by atoms with Gasteiger partial charge in [0.1, 0.15) is 5.01 Å². The van der Waals surface area contributed by atoms with E-state index in [-0.39, 0.29) is 5.91 Å². The van der Waals surface area contributed by atoms with Gasteiger partial charge in [-0.3, -0.25) is 9.69 Å². The Kier molecular flexibility index (Phi) is 5.07. The van der Waals surface area contributed by atoms with Gasteiger partial charge in [-0.05, 0) is 49.3 Å². The van der Waals surface area contributed by atoms with E-state index in [0.717, 1.165) is 33.0 Å². The Bertz CT molecular complexity index is 1140. The van der Waals surface area contributed by atoms with E-state index in [9.17, 15) is 4.79 Å². The van der Waals surface area contributed by atoms with Gasteiger partial charge in [0.15, 0.2) is 5.13 Å². The summed E-state index contributed by atoms with van der Waals surface area (Å²) in [5.41, 5.74) is 4.83. The third-order valence-corrected chi connectivity index (χ3v) is 6.23. The van der Waals surface area contributed by atoms with Crippen LogP contribution in [-0.2, 0) is 4.79 Å². The average molecular weight is 406 g/mol. The lowest BCUT2D eigenvalue weighted by molar-refractivity contribution is -0.115. The van der Waals surface area contributed by atoms with Crippen LogP contribution in [0.5, 0.6) is 0 Å². The second-order valence-corrected chi connectivity index (χ2v) is 8.40. The van der Waals surface area contributed by atoms with Gasteiger partial charge in [-0.1, -0.05) is 30.3 Å². The molecule has 1 amide bonds. The topological polar surface area (TPSA) is 46.1 Å². The van der Waals surface area contributed by atoms with Crippen molar-refractivity contribution < 1.29 is 4.79 Å². The zero-order chi connectivity index (χ0) is 19.7. The highest BCUT2D eigenvalue weighted by Gasteiger charge is 2.21. The van der Waals surface area contributed by atoms with E-state index in [1.807, 2.05) is 67.8 Å². The Balaban J connectivity index is 1.64. The minimum atomic E-state index is -0.0477. The summed E-state index contributed by atoms with van der Waals surface area (Å²) in [6.45, 7) is 5.60. The molecule has 0 N–H and O–H groups in total. The molecule has 0 saturated heterocycles. The fourth-order valence-electron chi connectivity index (χ4n) is 3.12. The molecule has 140 valence electrons. The van der Waals surface area contributed by atoms with Gasteiger partial charge in [-0.15, -0.1) is 22.7 Å². The fourth-order valence-corrected chi connectivity index (χ4v) is 4.83. The zero-order valence-electron chi connectivity index (χ0n) is 15.8. The number of anilines is 2. The number of hydrogen-bond donors (Lipinski definition) is 0. The molecule has 0 aliphatic heterocycles. The number of fused-ring (bicyclic) bond motifs is 1. The molecular weight excluding hydrogens is 386 g/mol. The summed E-state index contributed by atoms with van der Waals surface area (Å²) in [6, 6.07) is 14.1. The van der Waals surface area contributed by atoms with Crippen LogP contribution in [0.2, 0.25) is 0 Å². The number of aryl methyl sites for hydroxylation is 2. The summed E-state index contributed by atoms with van der Waals surface area (Å²) in [5.74, 6) is -0.0477. The van der Waals surface area contributed by atoms with Gasteiger partial charge < -0.3 is 0 Å². The molecule has 2 aromatic carbocycles.